The first kappa shape index (κ1) is 18.7. The second-order valence-corrected chi connectivity index (χ2v) is 7.51. The van der Waals surface area contributed by atoms with E-state index in [1.807, 2.05) is 37.3 Å². The summed E-state index contributed by atoms with van der Waals surface area (Å²) in [5.74, 6) is 1.24. The van der Waals surface area contributed by atoms with E-state index in [0.717, 1.165) is 53.0 Å². The summed E-state index contributed by atoms with van der Waals surface area (Å²) < 4.78 is 16.8. The summed E-state index contributed by atoms with van der Waals surface area (Å²) in [6.45, 7) is 4.15. The van der Waals surface area contributed by atoms with E-state index >= 15 is 0 Å². The minimum atomic E-state index is -0.335. The molecule has 0 spiro atoms. The number of nitrogens with zero attached hydrogens (tertiary/aromatic N) is 2. The molecule has 5 rings (SSSR count). The number of carbonyl (C=O) groups is 1. The Morgan fingerprint density at radius 3 is 2.87 bits per heavy atom. The average Bonchev–Trinajstić information content (AvgIpc) is 3.27. The molecule has 1 aromatic heterocycles. The van der Waals surface area contributed by atoms with Crippen molar-refractivity contribution in [2.75, 3.05) is 31.3 Å². The Hall–Kier alpha value is -3.28. The lowest BCUT2D eigenvalue weighted by Gasteiger charge is -2.30. The summed E-state index contributed by atoms with van der Waals surface area (Å²) in [7, 11) is 0. The Morgan fingerprint density at radius 2 is 2.00 bits per heavy atom. The van der Waals surface area contributed by atoms with Crippen molar-refractivity contribution >= 4 is 22.6 Å². The molecule has 1 atom stereocenters. The molecule has 3 heterocycles. The fourth-order valence-corrected chi connectivity index (χ4v) is 4.44. The van der Waals surface area contributed by atoms with Crippen molar-refractivity contribution in [3.8, 4) is 11.5 Å². The van der Waals surface area contributed by atoms with E-state index in [1.54, 1.807) is 6.20 Å². The zero-order chi connectivity index (χ0) is 20.5. The molecule has 0 N–H and O–H groups in total. The number of aromatic nitrogens is 1. The monoisotopic (exact) mass is 404 g/mol. The van der Waals surface area contributed by atoms with Crippen LogP contribution in [0.3, 0.4) is 0 Å². The van der Waals surface area contributed by atoms with Gasteiger partial charge in [-0.05, 0) is 43.5 Å². The number of hydrogen-bond acceptors (Lipinski definition) is 6. The second kappa shape index (κ2) is 7.86. The number of para-hydroxylation sites is 1. The summed E-state index contributed by atoms with van der Waals surface area (Å²) in [5.41, 5.74) is 3.44. The molecule has 0 aliphatic carbocycles. The molecule has 1 saturated heterocycles. The van der Waals surface area contributed by atoms with Gasteiger partial charge in [0, 0.05) is 18.1 Å². The smallest absolute Gasteiger partial charge is 0.341 e. The maximum Gasteiger partial charge on any atom is 0.341 e. The van der Waals surface area contributed by atoms with Crippen molar-refractivity contribution < 1.29 is 19.0 Å². The van der Waals surface area contributed by atoms with E-state index < -0.39 is 0 Å². The van der Waals surface area contributed by atoms with Gasteiger partial charge >= 0.3 is 5.97 Å². The first-order chi connectivity index (χ1) is 14.8. The molecule has 2 aromatic carbocycles. The van der Waals surface area contributed by atoms with Crippen LogP contribution >= 0.6 is 0 Å². The SMILES string of the molecule is CCOC(=O)c1cnc2ccccc2c1N1CCCC1c1ccc2c(c1)OCCO2. The number of fused-ring (bicyclic) bond motifs is 2. The van der Waals surface area contributed by atoms with Gasteiger partial charge in [0.2, 0.25) is 0 Å². The largest absolute Gasteiger partial charge is 0.486 e. The fourth-order valence-electron chi connectivity index (χ4n) is 4.44. The maximum absolute atomic E-state index is 12.8. The summed E-state index contributed by atoms with van der Waals surface area (Å²) in [4.78, 5) is 19.6. The molecule has 0 amide bonds. The third-order valence-corrected chi connectivity index (χ3v) is 5.73. The van der Waals surface area contributed by atoms with E-state index in [2.05, 4.69) is 22.0 Å². The molecule has 0 radical (unpaired) electrons. The van der Waals surface area contributed by atoms with Gasteiger partial charge in [-0.3, -0.25) is 4.98 Å². The number of pyridine rings is 1. The van der Waals surface area contributed by atoms with Gasteiger partial charge in [-0.1, -0.05) is 24.3 Å². The van der Waals surface area contributed by atoms with E-state index in [9.17, 15) is 4.79 Å². The third kappa shape index (κ3) is 3.22. The predicted octanol–water partition coefficient (Wildman–Crippen LogP) is 4.52. The van der Waals surface area contributed by atoms with Gasteiger partial charge in [0.15, 0.2) is 11.5 Å². The van der Waals surface area contributed by atoms with Gasteiger partial charge in [-0.15, -0.1) is 0 Å². The van der Waals surface area contributed by atoms with E-state index in [4.69, 9.17) is 14.2 Å². The molecule has 1 unspecified atom stereocenters. The van der Waals surface area contributed by atoms with Crippen LogP contribution in [0.15, 0.2) is 48.7 Å². The fraction of sp³-hybridized carbons (Fsp3) is 0.333. The lowest BCUT2D eigenvalue weighted by molar-refractivity contribution is 0.0526. The van der Waals surface area contributed by atoms with E-state index in [-0.39, 0.29) is 12.0 Å². The minimum Gasteiger partial charge on any atom is -0.486 e. The van der Waals surface area contributed by atoms with Crippen LogP contribution in [-0.4, -0.2) is 37.3 Å². The third-order valence-electron chi connectivity index (χ3n) is 5.73. The Morgan fingerprint density at radius 1 is 1.17 bits per heavy atom. The normalized spacial score (nSPS) is 17.9. The van der Waals surface area contributed by atoms with Crippen LogP contribution in [0.5, 0.6) is 11.5 Å². The maximum atomic E-state index is 12.8. The molecule has 6 heteroatoms. The Kier molecular flexibility index (Phi) is 4.91. The predicted molar refractivity (Wildman–Crippen MR) is 114 cm³/mol. The second-order valence-electron chi connectivity index (χ2n) is 7.51. The summed E-state index contributed by atoms with van der Waals surface area (Å²) in [6, 6.07) is 14.2. The molecule has 2 aliphatic heterocycles. The highest BCUT2D eigenvalue weighted by Crippen LogP contribution is 2.43. The molecule has 6 nitrogen and oxygen atoms in total. The van der Waals surface area contributed by atoms with Crippen molar-refractivity contribution in [3.05, 3.63) is 59.8 Å². The quantitative estimate of drug-likeness (QED) is 0.596. The summed E-state index contributed by atoms with van der Waals surface area (Å²) >= 11 is 0. The summed E-state index contributed by atoms with van der Waals surface area (Å²) in [5, 5.41) is 0.965. The molecule has 1 fully saturated rings. The molecular formula is C24H24N2O4. The van der Waals surface area contributed by atoms with Crippen molar-refractivity contribution in [1.29, 1.82) is 0 Å². The first-order valence-electron chi connectivity index (χ1n) is 10.5. The lowest BCUT2D eigenvalue weighted by atomic mass is 10.0. The van der Waals surface area contributed by atoms with Crippen LogP contribution in [0.1, 0.15) is 41.7 Å². The number of esters is 1. The van der Waals surface area contributed by atoms with Gasteiger partial charge in [0.05, 0.1) is 23.9 Å². The zero-order valence-electron chi connectivity index (χ0n) is 17.0. The molecule has 2 aliphatic rings. The van der Waals surface area contributed by atoms with Gasteiger partial charge in [-0.25, -0.2) is 4.79 Å². The average molecular weight is 404 g/mol. The minimum absolute atomic E-state index is 0.139. The number of carbonyl (C=O) groups excluding carboxylic acids is 1. The zero-order valence-corrected chi connectivity index (χ0v) is 17.0. The number of hydrogen-bond donors (Lipinski definition) is 0. The highest BCUT2D eigenvalue weighted by molar-refractivity contribution is 6.05. The van der Waals surface area contributed by atoms with Gasteiger partial charge in [-0.2, -0.15) is 0 Å². The number of anilines is 1. The molecular weight excluding hydrogens is 380 g/mol. The van der Waals surface area contributed by atoms with Gasteiger partial charge in [0.25, 0.3) is 0 Å². The van der Waals surface area contributed by atoms with Crippen LogP contribution in [0.4, 0.5) is 5.69 Å². The van der Waals surface area contributed by atoms with Crippen molar-refractivity contribution in [3.63, 3.8) is 0 Å². The van der Waals surface area contributed by atoms with Crippen LogP contribution in [-0.2, 0) is 4.74 Å². The summed E-state index contributed by atoms with van der Waals surface area (Å²) in [6.07, 6.45) is 3.69. The van der Waals surface area contributed by atoms with Crippen LogP contribution in [0, 0.1) is 0 Å². The molecule has 30 heavy (non-hydrogen) atoms. The number of ether oxygens (including phenoxy) is 3. The van der Waals surface area contributed by atoms with Crippen molar-refractivity contribution in [1.82, 2.24) is 4.98 Å². The Balaban J connectivity index is 1.61. The topological polar surface area (TPSA) is 60.9 Å². The highest BCUT2D eigenvalue weighted by atomic mass is 16.6. The molecule has 154 valence electrons. The molecule has 0 saturated carbocycles. The Labute approximate surface area is 175 Å². The van der Waals surface area contributed by atoms with Gasteiger partial charge < -0.3 is 19.1 Å². The van der Waals surface area contributed by atoms with E-state index in [0.29, 0.717) is 25.4 Å². The molecule has 3 aromatic rings. The standard InChI is InChI=1S/C24H24N2O4/c1-2-28-24(27)18-15-25-19-7-4-3-6-17(19)23(18)26-11-5-8-20(26)16-9-10-21-22(14-16)30-13-12-29-21/h3-4,6-7,9-10,14-15,20H,2,5,8,11-13H2,1H3. The van der Waals surface area contributed by atoms with Crippen LogP contribution in [0.2, 0.25) is 0 Å². The number of rotatable bonds is 4. The van der Waals surface area contributed by atoms with E-state index in [1.165, 1.54) is 0 Å². The highest BCUT2D eigenvalue weighted by Gasteiger charge is 2.32. The lowest BCUT2D eigenvalue weighted by Crippen LogP contribution is -2.26. The van der Waals surface area contributed by atoms with Crippen LogP contribution < -0.4 is 14.4 Å². The first-order valence-corrected chi connectivity index (χ1v) is 10.5. The molecule has 0 bridgehead atoms. The Bertz CT molecular complexity index is 1100. The van der Waals surface area contributed by atoms with Gasteiger partial charge in [0.1, 0.15) is 18.8 Å². The van der Waals surface area contributed by atoms with Crippen LogP contribution in [0.25, 0.3) is 10.9 Å². The van der Waals surface area contributed by atoms with Crippen molar-refractivity contribution in [2.45, 2.75) is 25.8 Å². The van der Waals surface area contributed by atoms with Crippen molar-refractivity contribution in [2.24, 2.45) is 0 Å². The number of benzene rings is 2.